The van der Waals surface area contributed by atoms with E-state index >= 15 is 0 Å². The first-order valence-corrected chi connectivity index (χ1v) is 8.85. The van der Waals surface area contributed by atoms with Crippen molar-refractivity contribution in [3.8, 4) is 0 Å². The van der Waals surface area contributed by atoms with E-state index in [1.165, 1.54) is 25.7 Å². The van der Waals surface area contributed by atoms with Crippen LogP contribution >= 0.6 is 40.7 Å². The van der Waals surface area contributed by atoms with Crippen LogP contribution in [0.2, 0.25) is 0 Å². The summed E-state index contributed by atoms with van der Waals surface area (Å²) in [5, 5.41) is 14.6. The number of nitrogens with one attached hydrogen (secondary N) is 1. The Morgan fingerprint density at radius 1 is 1.21 bits per heavy atom. The first kappa shape index (κ1) is 21.6. The van der Waals surface area contributed by atoms with Gasteiger partial charge in [-0.2, -0.15) is 0 Å². The highest BCUT2D eigenvalue weighted by Gasteiger charge is 2.32. The van der Waals surface area contributed by atoms with Gasteiger partial charge in [-0.3, -0.25) is 15.0 Å². The summed E-state index contributed by atoms with van der Waals surface area (Å²) in [5.41, 5.74) is 1.28. The van der Waals surface area contributed by atoms with Gasteiger partial charge in [0.15, 0.2) is 0 Å². The smallest absolute Gasteiger partial charge is 0.283 e. The number of rotatable bonds is 4. The normalized spacial score (nSPS) is 20.0. The van der Waals surface area contributed by atoms with Gasteiger partial charge in [0.05, 0.1) is 9.40 Å². The van der Waals surface area contributed by atoms with Gasteiger partial charge in [0.1, 0.15) is 0 Å². The molecule has 3 rings (SSSR count). The fourth-order valence-electron chi connectivity index (χ4n) is 3.87. The molecular formula is C16H24BrCl2N3O2. The summed E-state index contributed by atoms with van der Waals surface area (Å²) in [4.78, 5) is 13.5. The van der Waals surface area contributed by atoms with Gasteiger partial charge < -0.3 is 5.32 Å². The number of nitro benzene ring substituents is 1. The third-order valence-electron chi connectivity index (χ3n) is 4.90. The lowest BCUT2D eigenvalue weighted by molar-refractivity contribution is -0.385. The van der Waals surface area contributed by atoms with E-state index in [1.807, 2.05) is 6.07 Å². The zero-order valence-corrected chi connectivity index (χ0v) is 16.7. The summed E-state index contributed by atoms with van der Waals surface area (Å²) in [6.07, 6.45) is 5.04. The van der Waals surface area contributed by atoms with Crippen molar-refractivity contribution in [2.45, 2.75) is 31.7 Å². The Hall–Kier alpha value is -0.400. The Bertz CT molecular complexity index is 550. The average Bonchev–Trinajstić information content (AvgIpc) is 3.04. The van der Waals surface area contributed by atoms with Crippen LogP contribution in [0, 0.1) is 16.0 Å². The van der Waals surface area contributed by atoms with E-state index in [0.29, 0.717) is 16.4 Å². The van der Waals surface area contributed by atoms with Crippen LogP contribution in [0.4, 0.5) is 5.69 Å². The van der Waals surface area contributed by atoms with Gasteiger partial charge in [-0.1, -0.05) is 18.9 Å². The van der Waals surface area contributed by atoms with Crippen molar-refractivity contribution in [2.75, 3.05) is 26.2 Å². The fraction of sp³-hybridized carbons (Fsp3) is 0.625. The predicted octanol–water partition coefficient (Wildman–Crippen LogP) is 4.34. The maximum absolute atomic E-state index is 11.2. The monoisotopic (exact) mass is 439 g/mol. The van der Waals surface area contributed by atoms with Gasteiger partial charge in [-0.15, -0.1) is 24.8 Å². The molecule has 1 aromatic rings. The molecule has 8 heteroatoms. The summed E-state index contributed by atoms with van der Waals surface area (Å²) >= 11 is 3.29. The fourth-order valence-corrected chi connectivity index (χ4v) is 4.26. The molecule has 1 saturated carbocycles. The molecule has 1 atom stereocenters. The van der Waals surface area contributed by atoms with Crippen LogP contribution in [0.25, 0.3) is 0 Å². The summed E-state index contributed by atoms with van der Waals surface area (Å²) in [5.74, 6) is 0.624. The van der Waals surface area contributed by atoms with Gasteiger partial charge >= 0.3 is 0 Å². The maximum Gasteiger partial charge on any atom is 0.283 e. The minimum Gasteiger partial charge on any atom is -0.314 e. The highest BCUT2D eigenvalue weighted by Crippen LogP contribution is 2.41. The summed E-state index contributed by atoms with van der Waals surface area (Å²) in [7, 11) is 0. The second-order valence-corrected chi connectivity index (χ2v) is 7.10. The lowest BCUT2D eigenvalue weighted by Crippen LogP contribution is -2.46. The van der Waals surface area contributed by atoms with Crippen LogP contribution in [-0.4, -0.2) is 36.0 Å². The molecule has 0 bridgehead atoms. The third kappa shape index (κ3) is 4.82. The molecule has 1 aromatic carbocycles. The molecule has 0 radical (unpaired) electrons. The number of nitrogens with zero attached hydrogens (tertiary/aromatic N) is 2. The summed E-state index contributed by atoms with van der Waals surface area (Å²) in [6.45, 7) is 4.04. The topological polar surface area (TPSA) is 58.4 Å². The highest BCUT2D eigenvalue weighted by atomic mass is 79.9. The van der Waals surface area contributed by atoms with Gasteiger partial charge in [-0.25, -0.2) is 0 Å². The molecule has 5 nitrogen and oxygen atoms in total. The molecule has 0 aromatic heterocycles. The van der Waals surface area contributed by atoms with Gasteiger partial charge in [-0.05, 0) is 46.3 Å². The van der Waals surface area contributed by atoms with Crippen molar-refractivity contribution < 1.29 is 4.92 Å². The van der Waals surface area contributed by atoms with Crippen molar-refractivity contribution in [3.63, 3.8) is 0 Å². The Labute approximate surface area is 163 Å². The number of hydrogen-bond acceptors (Lipinski definition) is 4. The SMILES string of the molecule is Cl.Cl.O=[N+]([O-])c1cc([C@@H](C2CCCC2)N2CCNCC2)ccc1Br. The zero-order valence-electron chi connectivity index (χ0n) is 13.4. The predicted molar refractivity (Wildman–Crippen MR) is 104 cm³/mol. The van der Waals surface area contributed by atoms with E-state index in [0.717, 1.165) is 31.7 Å². The van der Waals surface area contributed by atoms with E-state index in [1.54, 1.807) is 6.07 Å². The molecule has 1 heterocycles. The standard InChI is InChI=1S/C16H22BrN3O2.2ClH/c17-14-6-5-13(11-15(14)20(21)22)16(12-3-1-2-4-12)19-9-7-18-8-10-19;;/h5-6,11-12,16,18H,1-4,7-10H2;2*1H/t16-;;/m1../s1. The van der Waals surface area contributed by atoms with Crippen molar-refractivity contribution >= 4 is 46.4 Å². The number of hydrogen-bond donors (Lipinski definition) is 1. The molecule has 0 unspecified atom stereocenters. The lowest BCUT2D eigenvalue weighted by Gasteiger charge is -2.38. The quantitative estimate of drug-likeness (QED) is 0.558. The van der Waals surface area contributed by atoms with Gasteiger partial charge in [0, 0.05) is 38.3 Å². The number of piperazine rings is 1. The molecule has 2 fully saturated rings. The Morgan fingerprint density at radius 3 is 2.42 bits per heavy atom. The molecule has 1 aliphatic carbocycles. The van der Waals surface area contributed by atoms with Crippen LogP contribution in [0.3, 0.4) is 0 Å². The minimum atomic E-state index is -0.295. The Kier molecular flexibility index (Phi) is 8.95. The van der Waals surface area contributed by atoms with Crippen molar-refractivity contribution in [1.29, 1.82) is 0 Å². The Balaban J connectivity index is 0.00000144. The third-order valence-corrected chi connectivity index (χ3v) is 5.57. The maximum atomic E-state index is 11.2. The second-order valence-electron chi connectivity index (χ2n) is 6.24. The molecule has 136 valence electrons. The minimum absolute atomic E-state index is 0. The molecule has 1 saturated heterocycles. The van der Waals surface area contributed by atoms with Crippen LogP contribution in [0.15, 0.2) is 22.7 Å². The van der Waals surface area contributed by atoms with E-state index in [2.05, 4.69) is 32.2 Å². The number of nitro groups is 1. The van der Waals surface area contributed by atoms with Crippen LogP contribution in [-0.2, 0) is 0 Å². The molecular weight excluding hydrogens is 417 g/mol. The molecule has 2 aliphatic rings. The van der Waals surface area contributed by atoms with Crippen LogP contribution in [0.5, 0.6) is 0 Å². The summed E-state index contributed by atoms with van der Waals surface area (Å²) < 4.78 is 0.562. The second kappa shape index (κ2) is 9.92. The highest BCUT2D eigenvalue weighted by molar-refractivity contribution is 9.10. The van der Waals surface area contributed by atoms with Gasteiger partial charge in [0.25, 0.3) is 5.69 Å². The van der Waals surface area contributed by atoms with E-state index in [9.17, 15) is 10.1 Å². The van der Waals surface area contributed by atoms with E-state index < -0.39 is 0 Å². The lowest BCUT2D eigenvalue weighted by atomic mass is 9.89. The first-order chi connectivity index (χ1) is 10.7. The molecule has 1 aliphatic heterocycles. The largest absolute Gasteiger partial charge is 0.314 e. The van der Waals surface area contributed by atoms with Crippen molar-refractivity contribution in [3.05, 3.63) is 38.3 Å². The van der Waals surface area contributed by atoms with Crippen LogP contribution in [0.1, 0.15) is 37.3 Å². The van der Waals surface area contributed by atoms with Gasteiger partial charge in [0.2, 0.25) is 0 Å². The first-order valence-electron chi connectivity index (χ1n) is 8.05. The zero-order chi connectivity index (χ0) is 15.5. The number of halogens is 3. The number of benzene rings is 1. The van der Waals surface area contributed by atoms with Crippen molar-refractivity contribution in [1.82, 2.24) is 10.2 Å². The molecule has 0 amide bonds. The Morgan fingerprint density at radius 2 is 1.83 bits per heavy atom. The van der Waals surface area contributed by atoms with Crippen molar-refractivity contribution in [2.24, 2.45) is 5.92 Å². The summed E-state index contributed by atoms with van der Waals surface area (Å²) in [6, 6.07) is 5.98. The molecule has 1 N–H and O–H groups in total. The van der Waals surface area contributed by atoms with E-state index in [-0.39, 0.29) is 35.4 Å². The average molecular weight is 441 g/mol. The van der Waals surface area contributed by atoms with E-state index in [4.69, 9.17) is 0 Å². The van der Waals surface area contributed by atoms with Crippen LogP contribution < -0.4 is 5.32 Å². The molecule has 24 heavy (non-hydrogen) atoms. The molecule has 0 spiro atoms.